The fourth-order valence-electron chi connectivity index (χ4n) is 3.47. The summed E-state index contributed by atoms with van der Waals surface area (Å²) in [5, 5.41) is 8.67. The predicted octanol–water partition coefficient (Wildman–Crippen LogP) is 1.72. The number of rotatable bonds is 9. The molecular formula is C20H28N3O3S2+. The van der Waals surface area contributed by atoms with Crippen molar-refractivity contribution in [2.24, 2.45) is 0 Å². The minimum absolute atomic E-state index is 0.0569. The van der Waals surface area contributed by atoms with Crippen LogP contribution in [0.5, 0.6) is 0 Å². The highest BCUT2D eigenvalue weighted by Gasteiger charge is 2.26. The zero-order valence-electron chi connectivity index (χ0n) is 16.4. The number of amides is 2. The van der Waals surface area contributed by atoms with E-state index in [0.717, 1.165) is 42.7 Å². The first-order valence-corrected chi connectivity index (χ1v) is 11.3. The number of hydrogen-bond acceptors (Lipinski definition) is 5. The van der Waals surface area contributed by atoms with E-state index in [4.69, 9.17) is 4.74 Å². The highest BCUT2D eigenvalue weighted by Crippen LogP contribution is 2.38. The molecule has 0 spiro atoms. The van der Waals surface area contributed by atoms with E-state index in [0.29, 0.717) is 30.3 Å². The number of carbonyl (C=O) groups is 2. The molecule has 2 heterocycles. The maximum Gasteiger partial charge on any atom is 0.280 e. The van der Waals surface area contributed by atoms with Crippen LogP contribution in [0.1, 0.15) is 38.5 Å². The molecule has 3 rings (SSSR count). The largest absolute Gasteiger partial charge is 0.383 e. The van der Waals surface area contributed by atoms with Crippen LogP contribution in [-0.4, -0.2) is 45.7 Å². The van der Waals surface area contributed by atoms with Crippen LogP contribution in [0.3, 0.4) is 0 Å². The lowest BCUT2D eigenvalue weighted by atomic mass is 9.95. The van der Waals surface area contributed by atoms with Crippen LogP contribution in [0.4, 0.5) is 5.00 Å². The number of carbonyl (C=O) groups excluding carboxylic acids is 2. The summed E-state index contributed by atoms with van der Waals surface area (Å²) in [5.74, 6) is -0.176. The summed E-state index contributed by atoms with van der Waals surface area (Å²) in [6.45, 7) is 2.11. The molecule has 0 aliphatic heterocycles. The van der Waals surface area contributed by atoms with Crippen LogP contribution < -0.4 is 15.5 Å². The van der Waals surface area contributed by atoms with Crippen molar-refractivity contribution >= 4 is 39.5 Å². The van der Waals surface area contributed by atoms with E-state index < -0.39 is 0 Å². The molecule has 28 heavy (non-hydrogen) atoms. The quantitative estimate of drug-likeness (QED) is 0.539. The van der Waals surface area contributed by atoms with Gasteiger partial charge in [0.25, 0.3) is 11.8 Å². The molecule has 0 fully saturated rings. The second-order valence-electron chi connectivity index (χ2n) is 7.10. The van der Waals surface area contributed by atoms with Gasteiger partial charge in [0.2, 0.25) is 0 Å². The summed E-state index contributed by atoms with van der Waals surface area (Å²) in [5.41, 5.74) is 1.76. The molecule has 2 amide bonds. The molecule has 8 heteroatoms. The minimum atomic E-state index is -0.119. The number of anilines is 1. The number of quaternary nitrogens is 1. The fourth-order valence-corrected chi connectivity index (χ4v) is 5.59. The third kappa shape index (κ3) is 5.41. The summed E-state index contributed by atoms with van der Waals surface area (Å²) in [6.07, 6.45) is 4.11. The van der Waals surface area contributed by atoms with Crippen molar-refractivity contribution in [3.63, 3.8) is 0 Å². The number of ether oxygens (including phenoxy) is 1. The Kier molecular flexibility index (Phi) is 7.61. The zero-order valence-corrected chi connectivity index (χ0v) is 18.1. The maximum absolute atomic E-state index is 12.8. The van der Waals surface area contributed by atoms with E-state index in [2.05, 4.69) is 16.7 Å². The smallest absolute Gasteiger partial charge is 0.280 e. The molecule has 0 saturated heterocycles. The molecule has 152 valence electrons. The zero-order chi connectivity index (χ0) is 19.9. The van der Waals surface area contributed by atoms with Gasteiger partial charge >= 0.3 is 0 Å². The van der Waals surface area contributed by atoms with Crippen LogP contribution in [-0.2, 0) is 28.9 Å². The van der Waals surface area contributed by atoms with Gasteiger partial charge in [0.1, 0.15) is 11.5 Å². The number of likely N-dealkylation sites (N-methyl/N-ethyl adjacent to an activating group) is 1. The van der Waals surface area contributed by atoms with Crippen molar-refractivity contribution in [3.05, 3.63) is 38.4 Å². The van der Waals surface area contributed by atoms with Gasteiger partial charge in [-0.3, -0.25) is 9.59 Å². The predicted molar refractivity (Wildman–Crippen MR) is 114 cm³/mol. The fraction of sp³-hybridized carbons (Fsp3) is 0.500. The van der Waals surface area contributed by atoms with Crippen molar-refractivity contribution in [1.82, 2.24) is 5.32 Å². The van der Waals surface area contributed by atoms with Crippen LogP contribution in [0.15, 0.2) is 17.5 Å². The Morgan fingerprint density at radius 1 is 1.29 bits per heavy atom. The molecule has 2 aromatic heterocycles. The van der Waals surface area contributed by atoms with Gasteiger partial charge in [-0.05, 0) is 42.7 Å². The Morgan fingerprint density at radius 2 is 2.11 bits per heavy atom. The molecule has 0 aromatic carbocycles. The van der Waals surface area contributed by atoms with Crippen molar-refractivity contribution in [3.8, 4) is 0 Å². The van der Waals surface area contributed by atoms with Crippen molar-refractivity contribution in [2.45, 2.75) is 32.2 Å². The summed E-state index contributed by atoms with van der Waals surface area (Å²) >= 11 is 3.26. The van der Waals surface area contributed by atoms with E-state index >= 15 is 0 Å². The van der Waals surface area contributed by atoms with Crippen LogP contribution >= 0.6 is 22.7 Å². The molecule has 0 radical (unpaired) electrons. The Morgan fingerprint density at radius 3 is 2.86 bits per heavy atom. The third-order valence-corrected chi connectivity index (χ3v) is 6.85. The van der Waals surface area contributed by atoms with Crippen molar-refractivity contribution in [1.29, 1.82) is 0 Å². The van der Waals surface area contributed by atoms with Gasteiger partial charge in [-0.25, -0.2) is 0 Å². The van der Waals surface area contributed by atoms with Gasteiger partial charge < -0.3 is 20.3 Å². The van der Waals surface area contributed by atoms with Crippen molar-refractivity contribution in [2.75, 3.05) is 39.2 Å². The average molecular weight is 423 g/mol. The monoisotopic (exact) mass is 422 g/mol. The molecule has 1 unspecified atom stereocenters. The number of nitrogens with one attached hydrogen (secondary N) is 3. The van der Waals surface area contributed by atoms with Gasteiger partial charge in [-0.15, -0.1) is 22.7 Å². The number of methoxy groups -OCH3 is 1. The highest BCUT2D eigenvalue weighted by atomic mass is 32.1. The number of fused-ring (bicyclic) bond motifs is 1. The van der Waals surface area contributed by atoms with Gasteiger partial charge in [0.15, 0.2) is 6.54 Å². The number of hydrogen-bond donors (Lipinski definition) is 3. The molecular weight excluding hydrogens is 394 g/mol. The van der Waals surface area contributed by atoms with E-state index in [1.807, 2.05) is 18.5 Å². The third-order valence-electron chi connectivity index (χ3n) is 4.76. The molecule has 2 aromatic rings. The normalized spacial score (nSPS) is 14.4. The number of aryl methyl sites for hydroxylation is 1. The van der Waals surface area contributed by atoms with E-state index in [9.17, 15) is 9.59 Å². The van der Waals surface area contributed by atoms with Crippen molar-refractivity contribution < 1.29 is 19.2 Å². The minimum Gasteiger partial charge on any atom is -0.383 e. The molecule has 3 N–H and O–H groups in total. The van der Waals surface area contributed by atoms with E-state index in [1.54, 1.807) is 29.8 Å². The first-order chi connectivity index (χ1) is 13.6. The highest BCUT2D eigenvalue weighted by molar-refractivity contribution is 7.17. The lowest BCUT2D eigenvalue weighted by Crippen LogP contribution is -3.08. The lowest BCUT2D eigenvalue weighted by molar-refractivity contribution is -0.884. The Labute approximate surface area is 173 Å². The second-order valence-corrected chi connectivity index (χ2v) is 9.24. The Balaban J connectivity index is 1.68. The SMILES string of the molecule is COCCNC(=O)c1c(NC(=O)C[NH+](C)Cc2cccs2)sc2c1CCCC2. The molecule has 0 saturated carbocycles. The Bertz CT molecular complexity index is 802. The first-order valence-electron chi connectivity index (χ1n) is 9.63. The Hall–Kier alpha value is -1.74. The molecule has 1 aliphatic rings. The molecule has 1 aliphatic carbocycles. The first kappa shape index (κ1) is 21.0. The van der Waals surface area contributed by atoms with Gasteiger partial charge in [0.05, 0.1) is 24.1 Å². The van der Waals surface area contributed by atoms with Crippen LogP contribution in [0, 0.1) is 0 Å². The van der Waals surface area contributed by atoms with E-state index in [-0.39, 0.29) is 11.8 Å². The summed E-state index contributed by atoms with van der Waals surface area (Å²) < 4.78 is 5.02. The van der Waals surface area contributed by atoms with Crippen LogP contribution in [0.25, 0.3) is 0 Å². The summed E-state index contributed by atoms with van der Waals surface area (Å²) in [7, 11) is 3.62. The number of thiophene rings is 2. The summed E-state index contributed by atoms with van der Waals surface area (Å²) in [4.78, 5) is 29.0. The van der Waals surface area contributed by atoms with Crippen LogP contribution in [0.2, 0.25) is 0 Å². The average Bonchev–Trinajstić information content (AvgIpc) is 3.28. The molecule has 1 atom stereocenters. The summed E-state index contributed by atoms with van der Waals surface area (Å²) in [6, 6.07) is 4.11. The molecule has 6 nitrogen and oxygen atoms in total. The standard InChI is InChI=1S/C20H27N3O3S2/c1-23(12-14-6-5-11-27-14)13-17(24)22-20-18(19(25)21-9-10-26-2)15-7-3-4-8-16(15)28-20/h5-6,11H,3-4,7-10,12-13H2,1-2H3,(H,21,25)(H,22,24)/p+1. The van der Waals surface area contributed by atoms with Gasteiger partial charge in [0, 0.05) is 18.5 Å². The molecule has 0 bridgehead atoms. The topological polar surface area (TPSA) is 71.9 Å². The van der Waals surface area contributed by atoms with Gasteiger partial charge in [-0.2, -0.15) is 0 Å². The maximum atomic E-state index is 12.8. The van der Waals surface area contributed by atoms with E-state index in [1.165, 1.54) is 9.75 Å². The second kappa shape index (κ2) is 10.2. The lowest BCUT2D eigenvalue weighted by Gasteiger charge is -2.14. The van der Waals surface area contributed by atoms with Gasteiger partial charge in [-0.1, -0.05) is 6.07 Å².